The zero-order valence-corrected chi connectivity index (χ0v) is 16.8. The van der Waals surface area contributed by atoms with Crippen LogP contribution in [0.2, 0.25) is 0 Å². The largest absolute Gasteiger partial charge is 0.295 e. The van der Waals surface area contributed by atoms with Crippen molar-refractivity contribution in [1.29, 1.82) is 0 Å². The van der Waals surface area contributed by atoms with E-state index in [4.69, 9.17) is 0 Å². The van der Waals surface area contributed by atoms with Crippen molar-refractivity contribution in [1.82, 2.24) is 0 Å². The second kappa shape index (κ2) is 5.83. The molecule has 0 amide bonds. The minimum absolute atomic E-state index is 0.246. The normalized spacial score (nSPS) is 47.1. The Kier molecular flexibility index (Phi) is 4.09. The van der Waals surface area contributed by atoms with Crippen LogP contribution < -0.4 is 0 Å². The topological polar surface area (TPSA) is 17.1 Å². The highest BCUT2D eigenvalue weighted by Gasteiger charge is 2.58. The first-order valence-corrected chi connectivity index (χ1v) is 10.7. The minimum Gasteiger partial charge on any atom is -0.295 e. The van der Waals surface area contributed by atoms with Crippen molar-refractivity contribution in [3.05, 3.63) is 23.8 Å². The smallest absolute Gasteiger partial charge is 0.156 e. The molecule has 25 heavy (non-hydrogen) atoms. The summed E-state index contributed by atoms with van der Waals surface area (Å²) in [4.78, 5) is 11.9. The van der Waals surface area contributed by atoms with E-state index in [1.54, 1.807) is 0 Å². The third-order valence-electron chi connectivity index (χ3n) is 9.28. The number of allylic oxidation sites excluding steroid dienone is 4. The predicted molar refractivity (Wildman–Crippen MR) is 104 cm³/mol. The third-order valence-corrected chi connectivity index (χ3v) is 9.28. The van der Waals surface area contributed by atoms with Gasteiger partial charge >= 0.3 is 0 Å². The molecule has 1 nitrogen and oxygen atoms in total. The summed E-state index contributed by atoms with van der Waals surface area (Å²) < 4.78 is 0. The summed E-state index contributed by atoms with van der Waals surface area (Å²) in [7, 11) is 0. The van der Waals surface area contributed by atoms with Crippen molar-refractivity contribution in [3.63, 3.8) is 0 Å². The Morgan fingerprint density at radius 3 is 2.52 bits per heavy atom. The van der Waals surface area contributed by atoms with Crippen LogP contribution in [-0.2, 0) is 4.79 Å². The fraction of sp³-hybridized carbons (Fsp3) is 0.792. The van der Waals surface area contributed by atoms with Crippen molar-refractivity contribution in [3.8, 4) is 0 Å². The van der Waals surface area contributed by atoms with E-state index in [1.165, 1.54) is 31.3 Å². The average Bonchev–Trinajstić information content (AvgIpc) is 2.92. The number of carbonyl (C=O) groups is 1. The van der Waals surface area contributed by atoms with Crippen LogP contribution in [-0.4, -0.2) is 5.78 Å². The fourth-order valence-corrected chi connectivity index (χ4v) is 7.37. The molecule has 4 aliphatic carbocycles. The molecule has 0 N–H and O–H groups in total. The highest BCUT2D eigenvalue weighted by atomic mass is 16.1. The van der Waals surface area contributed by atoms with Gasteiger partial charge in [0.25, 0.3) is 0 Å². The molecule has 2 saturated carbocycles. The SMILES string of the molecule is CC(C)C(C)C1CCC2C3C=CC4=CC(=O)CCC4(C)C3CCC12C. The molecule has 2 fully saturated rings. The van der Waals surface area contributed by atoms with E-state index in [0.717, 1.165) is 48.3 Å². The Labute approximate surface area is 154 Å². The van der Waals surface area contributed by atoms with Gasteiger partial charge in [-0.1, -0.05) is 46.8 Å². The molecule has 1 heteroatoms. The van der Waals surface area contributed by atoms with Crippen LogP contribution >= 0.6 is 0 Å². The van der Waals surface area contributed by atoms with Gasteiger partial charge in [-0.05, 0) is 90.1 Å². The molecule has 0 aromatic rings. The summed E-state index contributed by atoms with van der Waals surface area (Å²) >= 11 is 0. The van der Waals surface area contributed by atoms with Crippen LogP contribution in [0.4, 0.5) is 0 Å². The summed E-state index contributed by atoms with van der Waals surface area (Å²) in [6.07, 6.45) is 14.2. The van der Waals surface area contributed by atoms with E-state index in [1.807, 2.05) is 6.08 Å². The summed E-state index contributed by atoms with van der Waals surface area (Å²) in [5.74, 6) is 5.19. The minimum atomic E-state index is 0.246. The molecule has 0 heterocycles. The first-order chi connectivity index (χ1) is 11.8. The maximum atomic E-state index is 11.9. The van der Waals surface area contributed by atoms with Crippen molar-refractivity contribution < 1.29 is 4.79 Å². The van der Waals surface area contributed by atoms with Crippen molar-refractivity contribution in [2.24, 2.45) is 46.3 Å². The number of fused-ring (bicyclic) bond motifs is 5. The second-order valence-electron chi connectivity index (χ2n) is 10.5. The standard InChI is InChI=1S/C24H36O/c1-15(2)16(3)20-8-9-21-19-7-6-17-14-18(25)10-12-23(17,4)22(19)11-13-24(20,21)5/h6-7,14-16,19-22H,8-13H2,1-5H3. The molecule has 0 spiro atoms. The second-order valence-corrected chi connectivity index (χ2v) is 10.5. The van der Waals surface area contributed by atoms with Crippen LogP contribution in [0.1, 0.15) is 73.1 Å². The molecule has 0 bridgehead atoms. The van der Waals surface area contributed by atoms with E-state index >= 15 is 0 Å². The van der Waals surface area contributed by atoms with Gasteiger partial charge < -0.3 is 0 Å². The van der Waals surface area contributed by atoms with E-state index in [9.17, 15) is 4.79 Å². The summed E-state index contributed by atoms with van der Waals surface area (Å²) in [6, 6.07) is 0. The highest BCUT2D eigenvalue weighted by Crippen LogP contribution is 2.66. The quantitative estimate of drug-likeness (QED) is 0.584. The Balaban J connectivity index is 1.67. The lowest BCUT2D eigenvalue weighted by atomic mass is 9.48. The maximum absolute atomic E-state index is 11.9. The lowest BCUT2D eigenvalue weighted by Crippen LogP contribution is -2.49. The molecule has 138 valence electrons. The fourth-order valence-electron chi connectivity index (χ4n) is 7.37. The molecule has 0 aliphatic heterocycles. The van der Waals surface area contributed by atoms with Gasteiger partial charge in [0.2, 0.25) is 0 Å². The number of carbonyl (C=O) groups excluding carboxylic acids is 1. The monoisotopic (exact) mass is 340 g/mol. The Hall–Kier alpha value is -0.850. The van der Waals surface area contributed by atoms with E-state index in [2.05, 4.69) is 46.8 Å². The van der Waals surface area contributed by atoms with E-state index in [0.29, 0.717) is 11.2 Å². The molecule has 0 aromatic heterocycles. The van der Waals surface area contributed by atoms with Crippen LogP contribution in [0, 0.1) is 46.3 Å². The Morgan fingerprint density at radius 2 is 1.80 bits per heavy atom. The Morgan fingerprint density at radius 1 is 1.04 bits per heavy atom. The molecule has 0 aromatic carbocycles. The Bertz CT molecular complexity index is 626. The van der Waals surface area contributed by atoms with Gasteiger partial charge in [-0.25, -0.2) is 0 Å². The van der Waals surface area contributed by atoms with Crippen molar-refractivity contribution in [2.45, 2.75) is 73.1 Å². The molecule has 0 saturated heterocycles. The summed E-state index contributed by atoms with van der Waals surface area (Å²) in [5.41, 5.74) is 2.10. The molecular formula is C24H36O. The summed E-state index contributed by atoms with van der Waals surface area (Å²) in [6.45, 7) is 12.4. The molecule has 0 radical (unpaired) electrons. The first-order valence-electron chi connectivity index (χ1n) is 10.7. The third kappa shape index (κ3) is 2.44. The lowest BCUT2D eigenvalue weighted by molar-refractivity contribution is -0.116. The van der Waals surface area contributed by atoms with E-state index < -0.39 is 0 Å². The number of hydrogen-bond donors (Lipinski definition) is 0. The van der Waals surface area contributed by atoms with Crippen LogP contribution in [0.3, 0.4) is 0 Å². The molecule has 4 aliphatic rings. The van der Waals surface area contributed by atoms with Crippen LogP contribution in [0.25, 0.3) is 0 Å². The van der Waals surface area contributed by atoms with Crippen LogP contribution in [0.15, 0.2) is 23.8 Å². The molecule has 4 rings (SSSR count). The van der Waals surface area contributed by atoms with Gasteiger partial charge in [-0.3, -0.25) is 4.79 Å². The van der Waals surface area contributed by atoms with Gasteiger partial charge in [0, 0.05) is 6.42 Å². The van der Waals surface area contributed by atoms with Crippen molar-refractivity contribution >= 4 is 5.78 Å². The van der Waals surface area contributed by atoms with Crippen LogP contribution in [0.5, 0.6) is 0 Å². The molecular weight excluding hydrogens is 304 g/mol. The number of rotatable bonds is 2. The zero-order valence-electron chi connectivity index (χ0n) is 16.8. The van der Waals surface area contributed by atoms with Gasteiger partial charge in [0.05, 0.1) is 0 Å². The lowest BCUT2D eigenvalue weighted by Gasteiger charge is -2.56. The number of ketones is 1. The predicted octanol–water partition coefficient (Wildman–Crippen LogP) is 6.20. The average molecular weight is 341 g/mol. The highest BCUT2D eigenvalue weighted by molar-refractivity contribution is 5.92. The van der Waals surface area contributed by atoms with Crippen molar-refractivity contribution in [2.75, 3.05) is 0 Å². The van der Waals surface area contributed by atoms with Gasteiger partial charge in [0.15, 0.2) is 5.78 Å². The van der Waals surface area contributed by atoms with Gasteiger partial charge in [-0.2, -0.15) is 0 Å². The first kappa shape index (κ1) is 17.6. The molecule has 7 unspecified atom stereocenters. The van der Waals surface area contributed by atoms with E-state index in [-0.39, 0.29) is 5.41 Å². The zero-order chi connectivity index (χ0) is 18.0. The summed E-state index contributed by atoms with van der Waals surface area (Å²) in [5, 5.41) is 0. The van der Waals surface area contributed by atoms with Gasteiger partial charge in [-0.15, -0.1) is 0 Å². The maximum Gasteiger partial charge on any atom is 0.156 e. The number of hydrogen-bond acceptors (Lipinski definition) is 1. The molecule has 7 atom stereocenters. The van der Waals surface area contributed by atoms with Gasteiger partial charge in [0.1, 0.15) is 0 Å².